The third kappa shape index (κ3) is 5.62. The molecule has 0 radical (unpaired) electrons. The first-order valence-electron chi connectivity index (χ1n) is 7.73. The second-order valence-corrected chi connectivity index (χ2v) is 5.94. The lowest BCUT2D eigenvalue weighted by molar-refractivity contribution is -0.692. The lowest BCUT2D eigenvalue weighted by atomic mass is 10.2. The highest BCUT2D eigenvalue weighted by Gasteiger charge is 2.09. The number of nitrogens with zero attached hydrogens (tertiary/aromatic N) is 2. The Labute approximate surface area is 137 Å². The number of thiazole rings is 1. The third-order valence-corrected chi connectivity index (χ3v) is 4.16. The number of rotatable bonds is 5. The molecule has 120 valence electrons. The van der Waals surface area contributed by atoms with Crippen molar-refractivity contribution in [3.8, 4) is 0 Å². The lowest BCUT2D eigenvalue weighted by Crippen LogP contribution is -2.28. The van der Waals surface area contributed by atoms with Gasteiger partial charge in [-0.3, -0.25) is 0 Å². The maximum Gasteiger partial charge on any atom is 0.249 e. The Hall–Kier alpha value is -1.65. The van der Waals surface area contributed by atoms with E-state index in [1.807, 2.05) is 36.8 Å². The fourth-order valence-electron chi connectivity index (χ4n) is 1.92. The van der Waals surface area contributed by atoms with E-state index in [4.69, 9.17) is 5.11 Å². The quantitative estimate of drug-likeness (QED) is 0.647. The van der Waals surface area contributed by atoms with Gasteiger partial charge in [-0.25, -0.2) is 4.57 Å². The molecule has 0 fully saturated rings. The van der Waals surface area contributed by atoms with Crippen LogP contribution in [0.5, 0.6) is 0 Å². The Morgan fingerprint density at radius 2 is 2.09 bits per heavy atom. The lowest BCUT2D eigenvalue weighted by Gasteiger charge is -1.91. The number of aryl methyl sites for hydroxylation is 1. The fourth-order valence-corrected chi connectivity index (χ4v) is 2.81. The zero-order valence-corrected chi connectivity index (χ0v) is 14.8. The van der Waals surface area contributed by atoms with Crippen molar-refractivity contribution in [2.24, 2.45) is 0 Å². The maximum atomic E-state index is 8.87. The summed E-state index contributed by atoms with van der Waals surface area (Å²) in [6.45, 7) is 9.46. The van der Waals surface area contributed by atoms with E-state index in [-0.39, 0.29) is 6.61 Å². The highest BCUT2D eigenvalue weighted by atomic mass is 32.1. The minimum atomic E-state index is 0.137. The van der Waals surface area contributed by atoms with Crippen molar-refractivity contribution in [3.05, 3.63) is 59.6 Å². The first-order chi connectivity index (χ1) is 10.7. The molecule has 0 spiro atoms. The molecule has 0 saturated carbocycles. The van der Waals surface area contributed by atoms with Gasteiger partial charge in [0, 0.05) is 0 Å². The van der Waals surface area contributed by atoms with Crippen LogP contribution in [0.1, 0.15) is 39.0 Å². The van der Waals surface area contributed by atoms with E-state index in [1.54, 1.807) is 11.3 Å². The molecule has 2 rings (SSSR count). The van der Waals surface area contributed by atoms with E-state index in [0.717, 1.165) is 17.8 Å². The standard InChI is InChI=1S/C10H16.C8H11N2OS/c1-4-7-9-10(6-3)8-5-2;1-2-9-4-8-10(6-9)3-7(5-11)12-8/h4-5,7-9H,6H2,1-3H3;3-4,6,11H,2,5H2,1H3/q;+1/b7-4-,8-5-,10-9-;. The first-order valence-corrected chi connectivity index (χ1v) is 8.54. The van der Waals surface area contributed by atoms with Crippen molar-refractivity contribution in [1.82, 2.24) is 4.40 Å². The summed E-state index contributed by atoms with van der Waals surface area (Å²) in [7, 11) is 0. The minimum absolute atomic E-state index is 0.137. The topological polar surface area (TPSA) is 28.5 Å². The third-order valence-electron chi connectivity index (χ3n) is 3.13. The molecule has 0 unspecified atom stereocenters. The largest absolute Gasteiger partial charge is 0.391 e. The Morgan fingerprint density at radius 3 is 2.59 bits per heavy atom. The molecule has 3 nitrogen and oxygen atoms in total. The van der Waals surface area contributed by atoms with Gasteiger partial charge in [-0.1, -0.05) is 48.6 Å². The summed E-state index contributed by atoms with van der Waals surface area (Å²) in [5, 5.41) is 8.87. The van der Waals surface area contributed by atoms with Gasteiger partial charge in [0.25, 0.3) is 0 Å². The molecular weight excluding hydrogens is 292 g/mol. The summed E-state index contributed by atoms with van der Waals surface area (Å²) in [6.07, 6.45) is 17.6. The molecule has 4 heteroatoms. The summed E-state index contributed by atoms with van der Waals surface area (Å²) in [6, 6.07) is 0. The van der Waals surface area contributed by atoms with E-state index in [1.165, 1.54) is 10.4 Å². The summed E-state index contributed by atoms with van der Waals surface area (Å²) in [4.78, 5) is 2.19. The number of hydrogen-bond acceptors (Lipinski definition) is 2. The van der Waals surface area contributed by atoms with Gasteiger partial charge in [0.2, 0.25) is 11.2 Å². The molecule has 0 saturated heterocycles. The molecule has 0 atom stereocenters. The van der Waals surface area contributed by atoms with Crippen LogP contribution in [0.25, 0.3) is 4.83 Å². The van der Waals surface area contributed by atoms with E-state index < -0.39 is 0 Å². The SMILES string of the molecule is CC[n+]1cc2sc(CO)cn2c1.C\C=C/C=C(\C=C/C)CC. The van der Waals surface area contributed by atoms with Crippen molar-refractivity contribution in [2.45, 2.75) is 47.3 Å². The van der Waals surface area contributed by atoms with Crippen LogP contribution in [-0.4, -0.2) is 9.51 Å². The Bertz CT molecular complexity index is 582. The predicted molar refractivity (Wildman–Crippen MR) is 95.1 cm³/mol. The van der Waals surface area contributed by atoms with Crippen LogP contribution in [-0.2, 0) is 13.2 Å². The minimum Gasteiger partial charge on any atom is -0.391 e. The summed E-state index contributed by atoms with van der Waals surface area (Å²) in [5.41, 5.74) is 1.38. The van der Waals surface area contributed by atoms with Crippen LogP contribution in [0.3, 0.4) is 0 Å². The number of aromatic nitrogens is 2. The van der Waals surface area contributed by atoms with Crippen molar-refractivity contribution < 1.29 is 9.67 Å². The second kappa shape index (κ2) is 10.1. The maximum absolute atomic E-state index is 8.87. The summed E-state index contributed by atoms with van der Waals surface area (Å²) >= 11 is 1.63. The second-order valence-electron chi connectivity index (χ2n) is 4.80. The van der Waals surface area contributed by atoms with E-state index in [0.29, 0.717) is 0 Å². The van der Waals surface area contributed by atoms with Crippen molar-refractivity contribution in [2.75, 3.05) is 0 Å². The molecule has 0 aliphatic heterocycles. The molecule has 2 aromatic heterocycles. The molecule has 0 aliphatic carbocycles. The van der Waals surface area contributed by atoms with Gasteiger partial charge < -0.3 is 5.11 Å². The Morgan fingerprint density at radius 1 is 1.32 bits per heavy atom. The van der Waals surface area contributed by atoms with Gasteiger partial charge in [-0.2, -0.15) is 4.40 Å². The monoisotopic (exact) mass is 319 g/mol. The van der Waals surface area contributed by atoms with Gasteiger partial charge in [0.15, 0.2) is 0 Å². The zero-order chi connectivity index (χ0) is 16.4. The Kier molecular flexibility index (Phi) is 8.48. The number of aliphatic hydroxyl groups is 1. The van der Waals surface area contributed by atoms with Crippen molar-refractivity contribution >= 4 is 16.2 Å². The molecule has 0 amide bonds. The zero-order valence-electron chi connectivity index (χ0n) is 14.0. The molecule has 2 aromatic rings. The van der Waals surface area contributed by atoms with E-state index in [9.17, 15) is 0 Å². The first kappa shape index (κ1) is 18.4. The molecule has 2 heterocycles. The highest BCUT2D eigenvalue weighted by molar-refractivity contribution is 7.17. The number of hydrogen-bond donors (Lipinski definition) is 1. The molecule has 1 N–H and O–H groups in total. The van der Waals surface area contributed by atoms with Crippen LogP contribution in [0.15, 0.2) is 54.7 Å². The van der Waals surface area contributed by atoms with Crippen LogP contribution < -0.4 is 4.57 Å². The summed E-state index contributed by atoms with van der Waals surface area (Å²) in [5.74, 6) is 0. The number of fused-ring (bicyclic) bond motifs is 1. The molecule has 0 aliphatic rings. The normalized spacial score (nSPS) is 12.3. The fraction of sp³-hybridized carbons (Fsp3) is 0.389. The Balaban J connectivity index is 0.000000225. The average Bonchev–Trinajstić information content (AvgIpc) is 3.09. The van der Waals surface area contributed by atoms with Gasteiger partial charge in [0.05, 0.1) is 18.0 Å². The van der Waals surface area contributed by atoms with E-state index in [2.05, 4.69) is 48.9 Å². The van der Waals surface area contributed by atoms with Crippen molar-refractivity contribution in [3.63, 3.8) is 0 Å². The average molecular weight is 319 g/mol. The molecule has 22 heavy (non-hydrogen) atoms. The number of allylic oxidation sites excluding steroid dienone is 6. The molecular formula is C18H27N2OS+. The van der Waals surface area contributed by atoms with Crippen LogP contribution in [0.2, 0.25) is 0 Å². The molecule has 0 aromatic carbocycles. The van der Waals surface area contributed by atoms with Gasteiger partial charge in [0.1, 0.15) is 12.4 Å². The highest BCUT2D eigenvalue weighted by Crippen LogP contribution is 2.16. The smallest absolute Gasteiger partial charge is 0.249 e. The van der Waals surface area contributed by atoms with Gasteiger partial charge >= 0.3 is 0 Å². The van der Waals surface area contributed by atoms with E-state index >= 15 is 0 Å². The molecule has 0 bridgehead atoms. The predicted octanol–water partition coefficient (Wildman–Crippen LogP) is 4.28. The van der Waals surface area contributed by atoms with Crippen molar-refractivity contribution in [1.29, 1.82) is 0 Å². The van der Waals surface area contributed by atoms with Crippen LogP contribution in [0.4, 0.5) is 0 Å². The van der Waals surface area contributed by atoms with Crippen LogP contribution in [0, 0.1) is 0 Å². The van der Waals surface area contributed by atoms with Gasteiger partial charge in [-0.05, 0) is 32.8 Å². The van der Waals surface area contributed by atoms with Crippen LogP contribution >= 0.6 is 11.3 Å². The summed E-state index contributed by atoms with van der Waals surface area (Å²) < 4.78 is 4.16. The number of aliphatic hydroxyl groups excluding tert-OH is 1. The number of imidazole rings is 1. The van der Waals surface area contributed by atoms with Gasteiger partial charge in [-0.15, -0.1) is 0 Å².